The molecule has 2 aromatic carbocycles. The first-order chi connectivity index (χ1) is 8.16. The summed E-state index contributed by atoms with van der Waals surface area (Å²) in [5, 5.41) is 0.759. The van der Waals surface area contributed by atoms with Gasteiger partial charge in [0.05, 0.1) is 0 Å². The Morgan fingerprint density at radius 1 is 1.06 bits per heavy atom. The monoisotopic (exact) mass is 299 g/mol. The molecular weight excluding hydrogens is 285 g/mol. The van der Waals surface area contributed by atoms with Gasteiger partial charge in [-0.1, -0.05) is 41.6 Å². The molecule has 2 aromatic rings. The molecule has 0 unspecified atom stereocenters. The summed E-state index contributed by atoms with van der Waals surface area (Å²) < 4.78 is 0. The summed E-state index contributed by atoms with van der Waals surface area (Å²) in [6.07, 6.45) is 0. The van der Waals surface area contributed by atoms with Crippen molar-refractivity contribution in [2.45, 2.75) is 22.8 Å². The second kappa shape index (κ2) is 7.05. The molecule has 96 valence electrons. The molecule has 0 aliphatic rings. The Kier molecular flexibility index (Phi) is 6.03. The van der Waals surface area contributed by atoms with Gasteiger partial charge in [-0.25, -0.2) is 0 Å². The van der Waals surface area contributed by atoms with Gasteiger partial charge in [-0.15, -0.1) is 12.4 Å². The Morgan fingerprint density at radius 2 is 1.67 bits per heavy atom. The van der Waals surface area contributed by atoms with Crippen LogP contribution in [-0.2, 0) is 0 Å². The highest BCUT2D eigenvalue weighted by Crippen LogP contribution is 2.33. The molecule has 1 atom stereocenters. The van der Waals surface area contributed by atoms with E-state index in [4.69, 9.17) is 17.3 Å². The Hall–Kier alpha value is -0.670. The van der Waals surface area contributed by atoms with Crippen LogP contribution in [0.4, 0.5) is 0 Å². The van der Waals surface area contributed by atoms with E-state index >= 15 is 0 Å². The molecule has 1 nitrogen and oxygen atoms in total. The molecule has 0 saturated carbocycles. The molecule has 0 amide bonds. The van der Waals surface area contributed by atoms with Gasteiger partial charge in [0.15, 0.2) is 0 Å². The van der Waals surface area contributed by atoms with E-state index in [1.807, 2.05) is 43.3 Å². The SMILES string of the molecule is C[C@@H](N)c1ccccc1Sc1ccc(Cl)cc1.Cl. The third-order valence-electron chi connectivity index (χ3n) is 2.45. The van der Waals surface area contributed by atoms with Crippen molar-refractivity contribution in [2.75, 3.05) is 0 Å². The normalized spacial score (nSPS) is 11.7. The molecule has 0 aromatic heterocycles. The van der Waals surface area contributed by atoms with Crippen LogP contribution >= 0.6 is 35.8 Å². The van der Waals surface area contributed by atoms with Crippen molar-refractivity contribution in [2.24, 2.45) is 5.73 Å². The molecule has 0 radical (unpaired) electrons. The maximum absolute atomic E-state index is 5.96. The number of halogens is 2. The maximum atomic E-state index is 5.96. The van der Waals surface area contributed by atoms with Gasteiger partial charge in [-0.2, -0.15) is 0 Å². The van der Waals surface area contributed by atoms with Gasteiger partial charge in [0, 0.05) is 20.9 Å². The van der Waals surface area contributed by atoms with E-state index in [2.05, 4.69) is 12.1 Å². The van der Waals surface area contributed by atoms with Crippen LogP contribution in [-0.4, -0.2) is 0 Å². The number of benzene rings is 2. The van der Waals surface area contributed by atoms with Gasteiger partial charge in [-0.3, -0.25) is 0 Å². The summed E-state index contributed by atoms with van der Waals surface area (Å²) in [6, 6.07) is 16.1. The number of nitrogens with two attached hydrogens (primary N) is 1. The average molecular weight is 300 g/mol. The molecule has 0 bridgehead atoms. The summed E-state index contributed by atoms with van der Waals surface area (Å²) >= 11 is 7.58. The van der Waals surface area contributed by atoms with Crippen LogP contribution in [0.2, 0.25) is 5.02 Å². The fourth-order valence-electron chi connectivity index (χ4n) is 1.58. The van der Waals surface area contributed by atoms with E-state index < -0.39 is 0 Å². The molecule has 0 heterocycles. The van der Waals surface area contributed by atoms with Gasteiger partial charge in [0.2, 0.25) is 0 Å². The van der Waals surface area contributed by atoms with E-state index in [0.717, 1.165) is 5.02 Å². The zero-order valence-electron chi connectivity index (χ0n) is 9.97. The lowest BCUT2D eigenvalue weighted by Gasteiger charge is -2.11. The lowest BCUT2D eigenvalue weighted by molar-refractivity contribution is 0.797. The van der Waals surface area contributed by atoms with Crippen molar-refractivity contribution in [3.8, 4) is 0 Å². The van der Waals surface area contributed by atoms with Crippen molar-refractivity contribution in [3.05, 3.63) is 59.1 Å². The minimum Gasteiger partial charge on any atom is -0.324 e. The number of hydrogen-bond donors (Lipinski definition) is 1. The fourth-order valence-corrected chi connectivity index (χ4v) is 2.75. The highest BCUT2D eigenvalue weighted by atomic mass is 35.5. The predicted octanol–water partition coefficient (Wildman–Crippen LogP) is 4.93. The zero-order chi connectivity index (χ0) is 12.3. The first-order valence-corrected chi connectivity index (χ1v) is 6.64. The standard InChI is InChI=1S/C14H14ClNS.ClH/c1-10(16)13-4-2-3-5-14(13)17-12-8-6-11(15)7-9-12;/h2-10H,16H2,1H3;1H/t10-;/m1./s1. The summed E-state index contributed by atoms with van der Waals surface area (Å²) in [5.74, 6) is 0. The topological polar surface area (TPSA) is 26.0 Å². The number of rotatable bonds is 3. The Morgan fingerprint density at radius 3 is 2.28 bits per heavy atom. The van der Waals surface area contributed by atoms with Gasteiger partial charge in [0.1, 0.15) is 0 Å². The Labute approximate surface area is 123 Å². The second-order valence-corrected chi connectivity index (χ2v) is 5.43. The van der Waals surface area contributed by atoms with Crippen LogP contribution in [0.1, 0.15) is 18.5 Å². The van der Waals surface area contributed by atoms with Gasteiger partial charge in [0.25, 0.3) is 0 Å². The summed E-state index contributed by atoms with van der Waals surface area (Å²) in [4.78, 5) is 2.37. The third kappa shape index (κ3) is 3.92. The minimum atomic E-state index is 0. The van der Waals surface area contributed by atoms with E-state index in [9.17, 15) is 0 Å². The third-order valence-corrected chi connectivity index (χ3v) is 3.80. The highest BCUT2D eigenvalue weighted by Gasteiger charge is 2.07. The van der Waals surface area contributed by atoms with Crippen LogP contribution in [0.3, 0.4) is 0 Å². The summed E-state index contributed by atoms with van der Waals surface area (Å²) in [5.41, 5.74) is 7.13. The molecule has 0 saturated heterocycles. The van der Waals surface area contributed by atoms with E-state index in [1.54, 1.807) is 11.8 Å². The van der Waals surface area contributed by atoms with Crippen LogP contribution in [0.5, 0.6) is 0 Å². The smallest absolute Gasteiger partial charge is 0.0406 e. The molecule has 0 spiro atoms. The average Bonchev–Trinajstić information content (AvgIpc) is 2.32. The molecule has 18 heavy (non-hydrogen) atoms. The maximum Gasteiger partial charge on any atom is 0.0406 e. The minimum absolute atomic E-state index is 0. The van der Waals surface area contributed by atoms with Crippen molar-refractivity contribution < 1.29 is 0 Å². The van der Waals surface area contributed by atoms with Gasteiger partial charge >= 0.3 is 0 Å². The molecule has 2 rings (SSSR count). The molecule has 2 N–H and O–H groups in total. The lowest BCUT2D eigenvalue weighted by atomic mass is 10.1. The first kappa shape index (κ1) is 15.4. The highest BCUT2D eigenvalue weighted by molar-refractivity contribution is 7.99. The van der Waals surface area contributed by atoms with Crippen LogP contribution in [0.25, 0.3) is 0 Å². The zero-order valence-corrected chi connectivity index (χ0v) is 12.4. The first-order valence-electron chi connectivity index (χ1n) is 5.45. The van der Waals surface area contributed by atoms with Gasteiger partial charge in [-0.05, 0) is 42.8 Å². The molecular formula is C14H15Cl2NS. The predicted molar refractivity (Wildman–Crippen MR) is 81.9 cm³/mol. The fraction of sp³-hybridized carbons (Fsp3) is 0.143. The van der Waals surface area contributed by atoms with Crippen LogP contribution in [0, 0.1) is 0 Å². The quantitative estimate of drug-likeness (QED) is 0.869. The number of hydrogen-bond acceptors (Lipinski definition) is 2. The van der Waals surface area contributed by atoms with Gasteiger partial charge < -0.3 is 5.73 Å². The Balaban J connectivity index is 0.00000162. The van der Waals surface area contributed by atoms with E-state index in [0.29, 0.717) is 0 Å². The Bertz CT molecular complexity index is 497. The second-order valence-electron chi connectivity index (χ2n) is 3.88. The van der Waals surface area contributed by atoms with Crippen molar-refractivity contribution in [1.29, 1.82) is 0 Å². The molecule has 4 heteroatoms. The van der Waals surface area contributed by atoms with E-state index in [-0.39, 0.29) is 18.4 Å². The van der Waals surface area contributed by atoms with Crippen LogP contribution in [0.15, 0.2) is 58.3 Å². The molecule has 0 fully saturated rings. The van der Waals surface area contributed by atoms with Crippen LogP contribution < -0.4 is 5.73 Å². The van der Waals surface area contributed by atoms with Crippen molar-refractivity contribution in [3.63, 3.8) is 0 Å². The summed E-state index contributed by atoms with van der Waals surface area (Å²) in [6.45, 7) is 2.00. The van der Waals surface area contributed by atoms with E-state index in [1.165, 1.54) is 15.4 Å². The largest absolute Gasteiger partial charge is 0.324 e. The summed E-state index contributed by atoms with van der Waals surface area (Å²) in [7, 11) is 0. The molecule has 0 aliphatic heterocycles. The van der Waals surface area contributed by atoms with Crippen molar-refractivity contribution >= 4 is 35.8 Å². The van der Waals surface area contributed by atoms with Crippen molar-refractivity contribution in [1.82, 2.24) is 0 Å². The lowest BCUT2D eigenvalue weighted by Crippen LogP contribution is -2.05. The molecule has 0 aliphatic carbocycles.